The Bertz CT molecular complexity index is 994. The van der Waals surface area contributed by atoms with Crippen molar-refractivity contribution in [3.8, 4) is 5.69 Å². The van der Waals surface area contributed by atoms with Crippen LogP contribution in [-0.4, -0.2) is 27.9 Å². The molecule has 1 fully saturated rings. The summed E-state index contributed by atoms with van der Waals surface area (Å²) in [4.78, 5) is 30.9. The molecule has 148 valence electrons. The highest BCUT2D eigenvalue weighted by Crippen LogP contribution is 2.26. The van der Waals surface area contributed by atoms with Crippen molar-refractivity contribution in [2.45, 2.75) is 26.3 Å². The normalized spacial score (nSPS) is 17.4. The van der Waals surface area contributed by atoms with E-state index in [0.717, 1.165) is 22.5 Å². The van der Waals surface area contributed by atoms with Gasteiger partial charge in [0.15, 0.2) is 0 Å². The molecular weight excluding hydrogens is 364 g/mol. The van der Waals surface area contributed by atoms with Gasteiger partial charge in [0.05, 0.1) is 18.3 Å². The largest absolute Gasteiger partial charge is 0.349 e. The molecule has 2 aromatic carbocycles. The minimum atomic E-state index is -0.337. The predicted molar refractivity (Wildman–Crippen MR) is 112 cm³/mol. The fraction of sp³-hybridized carbons (Fsp3) is 0.261. The predicted octanol–water partition coefficient (Wildman–Crippen LogP) is 3.41. The Morgan fingerprint density at radius 3 is 2.45 bits per heavy atom. The molecule has 2 amide bonds. The number of nitrogens with zero attached hydrogens (tertiary/aromatic N) is 3. The molecule has 1 saturated heterocycles. The van der Waals surface area contributed by atoms with Crippen molar-refractivity contribution in [2.24, 2.45) is 5.92 Å². The molecule has 1 aliphatic heterocycles. The van der Waals surface area contributed by atoms with Crippen molar-refractivity contribution in [2.75, 3.05) is 11.4 Å². The maximum atomic E-state index is 12.8. The zero-order valence-corrected chi connectivity index (χ0v) is 16.6. The SMILES string of the molecule is Cc1ccc(N2C[C@H](C(=O)N[C@H](C)c3ccc(-n4ccnc4)cc3)CC2=O)cc1. The Morgan fingerprint density at radius 1 is 1.10 bits per heavy atom. The summed E-state index contributed by atoms with van der Waals surface area (Å²) in [6, 6.07) is 15.7. The van der Waals surface area contributed by atoms with E-state index in [-0.39, 0.29) is 30.2 Å². The Hall–Kier alpha value is -3.41. The smallest absolute Gasteiger partial charge is 0.227 e. The van der Waals surface area contributed by atoms with Crippen LogP contribution in [0.3, 0.4) is 0 Å². The second-order valence-corrected chi connectivity index (χ2v) is 7.53. The number of nitrogens with one attached hydrogen (secondary N) is 1. The average molecular weight is 388 g/mol. The van der Waals surface area contributed by atoms with Gasteiger partial charge in [-0.05, 0) is 43.7 Å². The summed E-state index contributed by atoms with van der Waals surface area (Å²) in [5.74, 6) is -0.429. The van der Waals surface area contributed by atoms with Crippen molar-refractivity contribution >= 4 is 17.5 Å². The van der Waals surface area contributed by atoms with Gasteiger partial charge >= 0.3 is 0 Å². The van der Waals surface area contributed by atoms with Gasteiger partial charge in [0, 0.05) is 36.7 Å². The number of carbonyl (C=O) groups is 2. The van der Waals surface area contributed by atoms with Crippen LogP contribution in [0.25, 0.3) is 5.69 Å². The van der Waals surface area contributed by atoms with Crippen molar-refractivity contribution in [1.29, 1.82) is 0 Å². The topological polar surface area (TPSA) is 67.2 Å². The van der Waals surface area contributed by atoms with Gasteiger partial charge in [0.2, 0.25) is 11.8 Å². The molecule has 2 atom stereocenters. The van der Waals surface area contributed by atoms with E-state index < -0.39 is 0 Å². The van der Waals surface area contributed by atoms with Crippen LogP contribution in [0, 0.1) is 12.8 Å². The highest BCUT2D eigenvalue weighted by molar-refractivity contribution is 6.00. The summed E-state index contributed by atoms with van der Waals surface area (Å²) in [6.07, 6.45) is 5.61. The molecule has 0 bridgehead atoms. The highest BCUT2D eigenvalue weighted by Gasteiger charge is 2.35. The Kier molecular flexibility index (Phi) is 5.16. The minimum absolute atomic E-state index is 0.00802. The van der Waals surface area contributed by atoms with Gasteiger partial charge in [-0.25, -0.2) is 4.98 Å². The maximum Gasteiger partial charge on any atom is 0.227 e. The molecule has 6 heteroatoms. The first-order valence-electron chi connectivity index (χ1n) is 9.77. The number of amides is 2. The van der Waals surface area contributed by atoms with E-state index in [1.807, 2.05) is 73.1 Å². The van der Waals surface area contributed by atoms with Crippen molar-refractivity contribution in [3.63, 3.8) is 0 Å². The number of carbonyl (C=O) groups excluding carboxylic acids is 2. The molecular formula is C23H24N4O2. The van der Waals surface area contributed by atoms with Crippen LogP contribution in [0.5, 0.6) is 0 Å². The van der Waals surface area contributed by atoms with Gasteiger partial charge in [0.1, 0.15) is 0 Å². The summed E-state index contributed by atoms with van der Waals surface area (Å²) in [6.45, 7) is 4.38. The lowest BCUT2D eigenvalue weighted by atomic mass is 10.0. The third kappa shape index (κ3) is 4.06. The standard InChI is InChI=1S/C23H24N4O2/c1-16-3-7-21(8-4-16)27-14-19(13-22(27)28)23(29)25-17(2)18-5-9-20(10-6-18)26-12-11-24-15-26/h3-12,15,17,19H,13-14H2,1-2H3,(H,25,29)/t17-,19-/m1/s1. The Labute approximate surface area is 170 Å². The summed E-state index contributed by atoms with van der Waals surface area (Å²) in [5.41, 5.74) is 4.02. The monoisotopic (exact) mass is 388 g/mol. The van der Waals surface area contributed by atoms with Crippen LogP contribution in [0.1, 0.15) is 30.5 Å². The van der Waals surface area contributed by atoms with Gasteiger partial charge in [-0.1, -0.05) is 29.8 Å². The Balaban J connectivity index is 1.38. The minimum Gasteiger partial charge on any atom is -0.349 e. The van der Waals surface area contributed by atoms with Crippen LogP contribution >= 0.6 is 0 Å². The second kappa shape index (κ2) is 7.91. The maximum absolute atomic E-state index is 12.8. The summed E-state index contributed by atoms with van der Waals surface area (Å²) in [7, 11) is 0. The van der Waals surface area contributed by atoms with E-state index >= 15 is 0 Å². The van der Waals surface area contributed by atoms with E-state index in [0.29, 0.717) is 6.54 Å². The molecule has 0 spiro atoms. The fourth-order valence-electron chi connectivity index (χ4n) is 3.62. The van der Waals surface area contributed by atoms with E-state index in [2.05, 4.69) is 10.3 Å². The lowest BCUT2D eigenvalue weighted by Gasteiger charge is -2.19. The molecule has 4 rings (SSSR count). The third-order valence-corrected chi connectivity index (χ3v) is 5.40. The van der Waals surface area contributed by atoms with Gasteiger partial charge in [-0.2, -0.15) is 0 Å². The number of hydrogen-bond donors (Lipinski definition) is 1. The van der Waals surface area contributed by atoms with Crippen molar-refractivity contribution in [3.05, 3.63) is 78.4 Å². The third-order valence-electron chi connectivity index (χ3n) is 5.40. The molecule has 3 aromatic rings. The van der Waals surface area contributed by atoms with Gasteiger partial charge in [0.25, 0.3) is 0 Å². The number of aryl methyl sites for hydroxylation is 1. The molecule has 2 heterocycles. The molecule has 0 radical (unpaired) electrons. The number of imidazole rings is 1. The average Bonchev–Trinajstić information content (AvgIpc) is 3.39. The summed E-state index contributed by atoms with van der Waals surface area (Å²) in [5, 5.41) is 3.06. The summed E-state index contributed by atoms with van der Waals surface area (Å²) >= 11 is 0. The first-order valence-corrected chi connectivity index (χ1v) is 9.77. The summed E-state index contributed by atoms with van der Waals surface area (Å²) < 4.78 is 1.93. The molecule has 0 unspecified atom stereocenters. The zero-order valence-electron chi connectivity index (χ0n) is 16.6. The molecule has 0 saturated carbocycles. The van der Waals surface area contributed by atoms with Gasteiger partial charge in [-0.3, -0.25) is 9.59 Å². The fourth-order valence-corrected chi connectivity index (χ4v) is 3.62. The lowest BCUT2D eigenvalue weighted by Crippen LogP contribution is -2.34. The molecule has 29 heavy (non-hydrogen) atoms. The number of anilines is 1. The van der Waals surface area contributed by atoms with E-state index in [1.54, 1.807) is 17.4 Å². The highest BCUT2D eigenvalue weighted by atomic mass is 16.2. The van der Waals surface area contributed by atoms with E-state index in [4.69, 9.17) is 0 Å². The molecule has 6 nitrogen and oxygen atoms in total. The van der Waals surface area contributed by atoms with Crippen LogP contribution in [0.2, 0.25) is 0 Å². The van der Waals surface area contributed by atoms with Gasteiger partial charge in [-0.15, -0.1) is 0 Å². The number of hydrogen-bond acceptors (Lipinski definition) is 3. The lowest BCUT2D eigenvalue weighted by molar-refractivity contribution is -0.126. The van der Waals surface area contributed by atoms with Crippen LogP contribution in [-0.2, 0) is 9.59 Å². The first kappa shape index (κ1) is 18.9. The molecule has 1 aromatic heterocycles. The molecule has 1 N–H and O–H groups in total. The van der Waals surface area contributed by atoms with Crippen LogP contribution in [0.15, 0.2) is 67.3 Å². The van der Waals surface area contributed by atoms with Crippen molar-refractivity contribution < 1.29 is 9.59 Å². The first-order chi connectivity index (χ1) is 14.0. The van der Waals surface area contributed by atoms with Gasteiger partial charge < -0.3 is 14.8 Å². The van der Waals surface area contributed by atoms with Crippen molar-refractivity contribution in [1.82, 2.24) is 14.9 Å². The number of aromatic nitrogens is 2. The van der Waals surface area contributed by atoms with Crippen LogP contribution < -0.4 is 10.2 Å². The van der Waals surface area contributed by atoms with E-state index in [9.17, 15) is 9.59 Å². The molecule has 0 aliphatic carbocycles. The number of benzene rings is 2. The zero-order chi connectivity index (χ0) is 20.4. The van der Waals surface area contributed by atoms with Crippen LogP contribution in [0.4, 0.5) is 5.69 Å². The second-order valence-electron chi connectivity index (χ2n) is 7.53. The Morgan fingerprint density at radius 2 is 1.79 bits per heavy atom. The number of rotatable bonds is 5. The quantitative estimate of drug-likeness (QED) is 0.728. The van der Waals surface area contributed by atoms with E-state index in [1.165, 1.54) is 0 Å². The molecule has 1 aliphatic rings.